The Labute approximate surface area is 166 Å². The van der Waals surface area contributed by atoms with Crippen LogP contribution in [0, 0.1) is 0 Å². The van der Waals surface area contributed by atoms with Crippen molar-refractivity contribution < 1.29 is 4.79 Å². The van der Waals surface area contributed by atoms with E-state index in [1.165, 1.54) is 4.57 Å². The van der Waals surface area contributed by atoms with Gasteiger partial charge in [0.05, 0.1) is 11.2 Å². The fourth-order valence-corrected chi connectivity index (χ4v) is 3.84. The Morgan fingerprint density at radius 2 is 1.81 bits per heavy atom. The predicted molar refractivity (Wildman–Crippen MR) is 115 cm³/mol. The normalized spacial score (nSPS) is 10.8. The first-order chi connectivity index (χ1) is 13.0. The summed E-state index contributed by atoms with van der Waals surface area (Å²) in [5, 5.41) is 4.08. The summed E-state index contributed by atoms with van der Waals surface area (Å²) < 4.78 is 2.37. The van der Waals surface area contributed by atoms with E-state index in [-0.39, 0.29) is 17.0 Å². The van der Waals surface area contributed by atoms with E-state index in [4.69, 9.17) is 0 Å². The van der Waals surface area contributed by atoms with Crippen LogP contribution < -0.4 is 15.8 Å². The molecule has 6 heteroatoms. The van der Waals surface area contributed by atoms with Crippen molar-refractivity contribution in [2.45, 2.75) is 13.8 Å². The number of nitrogens with one attached hydrogen (secondary N) is 1. The van der Waals surface area contributed by atoms with Crippen molar-refractivity contribution in [3.63, 3.8) is 0 Å². The van der Waals surface area contributed by atoms with Crippen molar-refractivity contribution in [2.75, 3.05) is 23.3 Å². The van der Waals surface area contributed by atoms with Crippen molar-refractivity contribution in [3.05, 3.63) is 68.9 Å². The average molecular weight is 428 g/mol. The van der Waals surface area contributed by atoms with Crippen molar-refractivity contribution in [1.29, 1.82) is 0 Å². The third kappa shape index (κ3) is 3.37. The number of halogens is 1. The molecule has 0 unspecified atom stereocenters. The second-order valence-electron chi connectivity index (χ2n) is 6.16. The maximum absolute atomic E-state index is 13.5. The van der Waals surface area contributed by atoms with Gasteiger partial charge in [0.1, 0.15) is 5.56 Å². The first kappa shape index (κ1) is 19.2. The van der Waals surface area contributed by atoms with Crippen LogP contribution in [0.2, 0.25) is 0 Å². The van der Waals surface area contributed by atoms with Gasteiger partial charge in [0.2, 0.25) is 0 Å². The van der Waals surface area contributed by atoms with Gasteiger partial charge in [-0.15, -0.1) is 0 Å². The maximum atomic E-state index is 13.5. The summed E-state index contributed by atoms with van der Waals surface area (Å²) in [5.41, 5.74) is 1.95. The molecule has 3 aromatic rings. The maximum Gasteiger partial charge on any atom is 0.266 e. The van der Waals surface area contributed by atoms with Gasteiger partial charge in [-0.05, 0) is 38.1 Å². The number of carbonyl (C=O) groups is 1. The summed E-state index contributed by atoms with van der Waals surface area (Å²) in [6.45, 7) is 4.91. The molecule has 0 fully saturated rings. The number of aromatic nitrogens is 1. The molecule has 1 amide bonds. The number of rotatable bonds is 5. The molecule has 0 bridgehead atoms. The van der Waals surface area contributed by atoms with Crippen LogP contribution in [0.1, 0.15) is 24.2 Å². The summed E-state index contributed by atoms with van der Waals surface area (Å²) in [5.74, 6) is -0.307. The largest absolute Gasteiger partial charge is 0.384 e. The number of pyridine rings is 1. The van der Waals surface area contributed by atoms with Gasteiger partial charge in [-0.1, -0.05) is 40.2 Å². The molecule has 0 aliphatic heterocycles. The van der Waals surface area contributed by atoms with Crippen molar-refractivity contribution in [3.8, 4) is 0 Å². The first-order valence-electron chi connectivity index (χ1n) is 8.93. The fraction of sp³-hybridized carbons (Fsp3) is 0.238. The van der Waals surface area contributed by atoms with Crippen LogP contribution in [-0.4, -0.2) is 23.6 Å². The molecule has 0 radical (unpaired) electrons. The molecule has 0 saturated heterocycles. The van der Waals surface area contributed by atoms with Gasteiger partial charge in [-0.25, -0.2) is 0 Å². The summed E-state index contributed by atoms with van der Waals surface area (Å²) in [6.07, 6.45) is 0. The number of aryl methyl sites for hydroxylation is 1. The van der Waals surface area contributed by atoms with Crippen molar-refractivity contribution >= 4 is 44.1 Å². The van der Waals surface area contributed by atoms with Crippen LogP contribution >= 0.6 is 15.9 Å². The molecule has 2 aromatic carbocycles. The first-order valence-corrected chi connectivity index (χ1v) is 9.72. The SMILES string of the molecule is CCNc1c(C(=O)N(CC)c2ccccc2)c(=O)n(C)c2cccc(Br)c12. The van der Waals surface area contributed by atoms with Crippen molar-refractivity contribution in [1.82, 2.24) is 4.57 Å². The van der Waals surface area contributed by atoms with Gasteiger partial charge in [0, 0.05) is 35.7 Å². The lowest BCUT2D eigenvalue weighted by molar-refractivity contribution is 0.0987. The minimum Gasteiger partial charge on any atom is -0.384 e. The second-order valence-corrected chi connectivity index (χ2v) is 7.02. The van der Waals surface area contributed by atoms with Crippen LogP contribution in [0.4, 0.5) is 11.4 Å². The fourth-order valence-electron chi connectivity index (χ4n) is 3.29. The number of para-hydroxylation sites is 1. The van der Waals surface area contributed by atoms with E-state index < -0.39 is 0 Å². The lowest BCUT2D eigenvalue weighted by atomic mass is 10.1. The topological polar surface area (TPSA) is 54.3 Å². The van der Waals surface area contributed by atoms with Crippen LogP contribution in [0.25, 0.3) is 10.9 Å². The van der Waals surface area contributed by atoms with E-state index >= 15 is 0 Å². The van der Waals surface area contributed by atoms with Crippen LogP contribution in [0.3, 0.4) is 0 Å². The molecule has 1 aromatic heterocycles. The molecule has 140 valence electrons. The Hall–Kier alpha value is -2.60. The van der Waals surface area contributed by atoms with Crippen LogP contribution in [-0.2, 0) is 7.05 Å². The molecule has 0 aliphatic carbocycles. The average Bonchev–Trinajstić information content (AvgIpc) is 2.67. The monoisotopic (exact) mass is 427 g/mol. The van der Waals surface area contributed by atoms with Crippen molar-refractivity contribution in [2.24, 2.45) is 7.05 Å². The summed E-state index contributed by atoms with van der Waals surface area (Å²) in [7, 11) is 1.70. The van der Waals surface area contributed by atoms with E-state index in [0.29, 0.717) is 18.8 Å². The number of hydrogen-bond acceptors (Lipinski definition) is 3. The third-order valence-electron chi connectivity index (χ3n) is 4.57. The molecule has 5 nitrogen and oxygen atoms in total. The minimum atomic E-state index is -0.309. The lowest BCUT2D eigenvalue weighted by Gasteiger charge is -2.24. The zero-order valence-electron chi connectivity index (χ0n) is 15.6. The summed E-state index contributed by atoms with van der Waals surface area (Å²) in [4.78, 5) is 28.2. The Balaban J connectivity index is 2.31. The smallest absolute Gasteiger partial charge is 0.266 e. The zero-order valence-corrected chi connectivity index (χ0v) is 17.2. The second kappa shape index (κ2) is 7.96. The highest BCUT2D eigenvalue weighted by Gasteiger charge is 2.26. The van der Waals surface area contributed by atoms with E-state index in [9.17, 15) is 9.59 Å². The highest BCUT2D eigenvalue weighted by atomic mass is 79.9. The zero-order chi connectivity index (χ0) is 19.6. The minimum absolute atomic E-state index is 0.157. The Bertz CT molecular complexity index is 1040. The quantitative estimate of drug-likeness (QED) is 0.656. The number of carbonyl (C=O) groups excluding carboxylic acids is 1. The third-order valence-corrected chi connectivity index (χ3v) is 5.23. The summed E-state index contributed by atoms with van der Waals surface area (Å²) in [6, 6.07) is 15.1. The number of anilines is 2. The standard InChI is InChI=1S/C21H22BrN3O2/c1-4-23-19-17-15(22)12-9-13-16(17)24(3)20(26)18(19)21(27)25(5-2)14-10-7-6-8-11-14/h6-13,23H,4-5H2,1-3H3. The molecule has 0 atom stereocenters. The number of fused-ring (bicyclic) bond motifs is 1. The highest BCUT2D eigenvalue weighted by molar-refractivity contribution is 9.10. The van der Waals surface area contributed by atoms with Gasteiger partial charge in [-0.2, -0.15) is 0 Å². The molecule has 27 heavy (non-hydrogen) atoms. The number of benzene rings is 2. The Morgan fingerprint density at radius 1 is 1.11 bits per heavy atom. The number of nitrogens with zero attached hydrogens (tertiary/aromatic N) is 2. The highest BCUT2D eigenvalue weighted by Crippen LogP contribution is 2.32. The molecule has 1 N–H and O–H groups in total. The predicted octanol–water partition coefficient (Wildman–Crippen LogP) is 4.40. The van der Waals surface area contributed by atoms with Gasteiger partial charge in [0.15, 0.2) is 0 Å². The summed E-state index contributed by atoms with van der Waals surface area (Å²) >= 11 is 3.58. The number of amides is 1. The van der Waals surface area contributed by atoms with Gasteiger partial charge >= 0.3 is 0 Å². The Kier molecular flexibility index (Phi) is 5.65. The molecular weight excluding hydrogens is 406 g/mol. The molecule has 0 aliphatic rings. The van der Waals surface area contributed by atoms with E-state index in [1.54, 1.807) is 11.9 Å². The van der Waals surface area contributed by atoms with Gasteiger partial charge < -0.3 is 14.8 Å². The molecule has 1 heterocycles. The molecule has 0 saturated carbocycles. The van der Waals surface area contributed by atoms with E-state index in [2.05, 4.69) is 21.2 Å². The molecule has 3 rings (SSSR count). The molecule has 0 spiro atoms. The number of hydrogen-bond donors (Lipinski definition) is 1. The van der Waals surface area contributed by atoms with E-state index in [0.717, 1.165) is 21.1 Å². The van der Waals surface area contributed by atoms with Crippen LogP contribution in [0.5, 0.6) is 0 Å². The molecular formula is C21H22BrN3O2. The van der Waals surface area contributed by atoms with Gasteiger partial charge in [-0.3, -0.25) is 9.59 Å². The van der Waals surface area contributed by atoms with E-state index in [1.807, 2.05) is 62.4 Å². The van der Waals surface area contributed by atoms with Gasteiger partial charge in [0.25, 0.3) is 11.5 Å². The lowest BCUT2D eigenvalue weighted by Crippen LogP contribution is -2.37. The Morgan fingerprint density at radius 3 is 2.44 bits per heavy atom. The van der Waals surface area contributed by atoms with Crippen LogP contribution in [0.15, 0.2) is 57.8 Å².